The van der Waals surface area contributed by atoms with Crippen LogP contribution in [0.5, 0.6) is 0 Å². The molecule has 102 valence electrons. The highest BCUT2D eigenvalue weighted by Gasteiger charge is 2.30. The second-order valence-electron chi connectivity index (χ2n) is 5.07. The van der Waals surface area contributed by atoms with Gasteiger partial charge in [0.1, 0.15) is 6.29 Å². The number of imide groups is 1. The minimum atomic E-state index is -0.315. The molecule has 5 nitrogen and oxygen atoms in total. The molecule has 1 fully saturated rings. The first-order valence-corrected chi connectivity index (χ1v) is 6.48. The monoisotopic (exact) mass is 270 g/mol. The second-order valence-corrected chi connectivity index (χ2v) is 5.07. The first-order chi connectivity index (χ1) is 9.60. The third-order valence-corrected chi connectivity index (χ3v) is 3.84. The number of carbonyl (C=O) groups is 3. The quantitative estimate of drug-likeness (QED) is 0.664. The number of benzene rings is 1. The Kier molecular flexibility index (Phi) is 2.89. The smallest absolute Gasteiger partial charge is 0.235 e. The van der Waals surface area contributed by atoms with Crippen LogP contribution in [0.15, 0.2) is 24.3 Å². The second kappa shape index (κ2) is 4.59. The molecule has 0 bridgehead atoms. The number of aldehydes is 1. The average Bonchev–Trinajstić information content (AvgIpc) is 2.75. The van der Waals surface area contributed by atoms with Crippen molar-refractivity contribution in [2.45, 2.75) is 18.8 Å². The van der Waals surface area contributed by atoms with Gasteiger partial charge < -0.3 is 4.57 Å². The van der Waals surface area contributed by atoms with Crippen molar-refractivity contribution in [2.24, 2.45) is 7.05 Å². The molecule has 0 radical (unpaired) electrons. The summed E-state index contributed by atoms with van der Waals surface area (Å²) in [6, 6.07) is 7.35. The fourth-order valence-corrected chi connectivity index (χ4v) is 2.77. The average molecular weight is 270 g/mol. The molecule has 0 aliphatic carbocycles. The lowest BCUT2D eigenvalue weighted by atomic mass is 9.94. The fraction of sp³-hybridized carbons (Fsp3) is 0.267. The summed E-state index contributed by atoms with van der Waals surface area (Å²) in [6.07, 6.45) is 1.69. The number of nitrogens with one attached hydrogen (secondary N) is 1. The molecule has 1 N–H and O–H groups in total. The Morgan fingerprint density at radius 2 is 2.10 bits per heavy atom. The fourth-order valence-electron chi connectivity index (χ4n) is 2.77. The predicted octanol–water partition coefficient (Wildman–Crippen LogP) is 1.51. The van der Waals surface area contributed by atoms with Crippen molar-refractivity contribution >= 4 is 29.0 Å². The Labute approximate surface area is 115 Å². The zero-order valence-corrected chi connectivity index (χ0v) is 11.1. The Morgan fingerprint density at radius 1 is 1.30 bits per heavy atom. The minimum absolute atomic E-state index is 0.215. The maximum Gasteiger partial charge on any atom is 0.235 e. The lowest BCUT2D eigenvalue weighted by Gasteiger charge is -2.21. The van der Waals surface area contributed by atoms with Gasteiger partial charge in [-0.15, -0.1) is 0 Å². The van der Waals surface area contributed by atoms with Crippen molar-refractivity contribution in [1.29, 1.82) is 0 Å². The van der Waals surface area contributed by atoms with E-state index in [9.17, 15) is 14.4 Å². The Balaban J connectivity index is 2.07. The summed E-state index contributed by atoms with van der Waals surface area (Å²) >= 11 is 0. The molecule has 5 heteroatoms. The lowest BCUT2D eigenvalue weighted by molar-refractivity contribution is -0.134. The SMILES string of the molecule is Cn1c(C2CCC(=O)NC2=O)cc2cc(C=O)ccc21. The summed E-state index contributed by atoms with van der Waals surface area (Å²) in [5.41, 5.74) is 2.45. The van der Waals surface area contributed by atoms with Gasteiger partial charge in [-0.3, -0.25) is 19.7 Å². The minimum Gasteiger partial charge on any atom is -0.347 e. The van der Waals surface area contributed by atoms with Crippen molar-refractivity contribution in [3.05, 3.63) is 35.5 Å². The third-order valence-electron chi connectivity index (χ3n) is 3.84. The van der Waals surface area contributed by atoms with Gasteiger partial charge in [-0.2, -0.15) is 0 Å². The van der Waals surface area contributed by atoms with Crippen LogP contribution in [0, 0.1) is 0 Å². The molecular weight excluding hydrogens is 256 g/mol. The van der Waals surface area contributed by atoms with Crippen molar-refractivity contribution in [3.8, 4) is 0 Å². The van der Waals surface area contributed by atoms with E-state index in [1.165, 1.54) is 0 Å². The van der Waals surface area contributed by atoms with Gasteiger partial charge in [-0.05, 0) is 30.7 Å². The largest absolute Gasteiger partial charge is 0.347 e. The third kappa shape index (κ3) is 1.91. The van der Waals surface area contributed by atoms with Gasteiger partial charge in [0.2, 0.25) is 11.8 Å². The molecule has 2 aromatic rings. The molecular formula is C15H14N2O3. The number of nitrogens with zero attached hydrogens (tertiary/aromatic N) is 1. The normalized spacial score (nSPS) is 19.1. The number of hydrogen-bond donors (Lipinski definition) is 1. The van der Waals surface area contributed by atoms with Crippen molar-refractivity contribution in [3.63, 3.8) is 0 Å². The van der Waals surface area contributed by atoms with E-state index in [4.69, 9.17) is 0 Å². The van der Waals surface area contributed by atoms with Crippen LogP contribution in [0.25, 0.3) is 10.9 Å². The van der Waals surface area contributed by atoms with Crippen LogP contribution >= 0.6 is 0 Å². The number of amides is 2. The van der Waals surface area contributed by atoms with Crippen LogP contribution in [0.3, 0.4) is 0 Å². The van der Waals surface area contributed by atoms with Crippen LogP contribution in [0.4, 0.5) is 0 Å². The molecule has 1 aliphatic rings. The van der Waals surface area contributed by atoms with E-state index in [-0.39, 0.29) is 17.7 Å². The van der Waals surface area contributed by atoms with Crippen LogP contribution in [-0.4, -0.2) is 22.7 Å². The lowest BCUT2D eigenvalue weighted by Crippen LogP contribution is -2.40. The van der Waals surface area contributed by atoms with Crippen molar-refractivity contribution < 1.29 is 14.4 Å². The highest BCUT2D eigenvalue weighted by Crippen LogP contribution is 2.29. The zero-order chi connectivity index (χ0) is 14.3. The molecule has 1 saturated heterocycles. The number of carbonyl (C=O) groups excluding carboxylic acids is 3. The highest BCUT2D eigenvalue weighted by molar-refractivity contribution is 6.01. The molecule has 2 heterocycles. The van der Waals surface area contributed by atoms with Crippen LogP contribution in [0.2, 0.25) is 0 Å². The Bertz CT molecular complexity index is 730. The summed E-state index contributed by atoms with van der Waals surface area (Å²) in [5.74, 6) is -0.777. The number of aromatic nitrogens is 1. The van der Waals surface area contributed by atoms with Crippen molar-refractivity contribution in [1.82, 2.24) is 9.88 Å². The predicted molar refractivity (Wildman–Crippen MR) is 73.4 cm³/mol. The number of fused-ring (bicyclic) bond motifs is 1. The first kappa shape index (κ1) is 12.6. The standard InChI is InChI=1S/C15H14N2O3/c1-17-12-4-2-9(8-18)6-10(12)7-13(17)11-3-5-14(19)16-15(11)20/h2,4,6-8,11H,3,5H2,1H3,(H,16,19,20). The summed E-state index contributed by atoms with van der Waals surface area (Å²) in [7, 11) is 1.89. The molecule has 1 unspecified atom stereocenters. The molecule has 2 amide bonds. The molecule has 1 atom stereocenters. The van der Waals surface area contributed by atoms with Gasteiger partial charge in [0, 0.05) is 35.6 Å². The summed E-state index contributed by atoms with van der Waals surface area (Å²) < 4.78 is 1.95. The van der Waals surface area contributed by atoms with Crippen LogP contribution in [-0.2, 0) is 16.6 Å². The van der Waals surface area contributed by atoms with E-state index in [0.717, 1.165) is 22.9 Å². The van der Waals surface area contributed by atoms with Crippen molar-refractivity contribution in [2.75, 3.05) is 0 Å². The van der Waals surface area contributed by atoms with Crippen LogP contribution < -0.4 is 5.32 Å². The number of aryl methyl sites for hydroxylation is 1. The van der Waals surface area contributed by atoms with Gasteiger partial charge >= 0.3 is 0 Å². The van der Waals surface area contributed by atoms with E-state index >= 15 is 0 Å². The van der Waals surface area contributed by atoms with Gasteiger partial charge in [0.05, 0.1) is 5.92 Å². The maximum absolute atomic E-state index is 12.0. The van der Waals surface area contributed by atoms with Gasteiger partial charge in [0.25, 0.3) is 0 Å². The zero-order valence-electron chi connectivity index (χ0n) is 11.1. The van der Waals surface area contributed by atoms with Crippen LogP contribution in [0.1, 0.15) is 34.8 Å². The maximum atomic E-state index is 12.0. The molecule has 1 aliphatic heterocycles. The van der Waals surface area contributed by atoms with E-state index in [1.807, 2.05) is 23.7 Å². The first-order valence-electron chi connectivity index (χ1n) is 6.48. The molecule has 1 aromatic carbocycles. The summed E-state index contributed by atoms with van der Waals surface area (Å²) in [4.78, 5) is 34.0. The van der Waals surface area contributed by atoms with E-state index < -0.39 is 0 Å². The number of rotatable bonds is 2. The van der Waals surface area contributed by atoms with E-state index in [2.05, 4.69) is 5.32 Å². The molecule has 1 aromatic heterocycles. The van der Waals surface area contributed by atoms with E-state index in [1.54, 1.807) is 12.1 Å². The Hall–Kier alpha value is -2.43. The molecule has 3 rings (SSSR count). The molecule has 20 heavy (non-hydrogen) atoms. The van der Waals surface area contributed by atoms with Gasteiger partial charge in [-0.25, -0.2) is 0 Å². The number of hydrogen-bond acceptors (Lipinski definition) is 3. The molecule has 0 spiro atoms. The summed E-state index contributed by atoms with van der Waals surface area (Å²) in [5, 5.41) is 3.30. The highest BCUT2D eigenvalue weighted by atomic mass is 16.2. The van der Waals surface area contributed by atoms with Gasteiger partial charge in [0.15, 0.2) is 0 Å². The van der Waals surface area contributed by atoms with Gasteiger partial charge in [-0.1, -0.05) is 0 Å². The van der Waals surface area contributed by atoms with E-state index in [0.29, 0.717) is 18.4 Å². The number of piperidine rings is 1. The summed E-state index contributed by atoms with van der Waals surface area (Å²) in [6.45, 7) is 0. The topological polar surface area (TPSA) is 68.2 Å². The Morgan fingerprint density at radius 3 is 2.80 bits per heavy atom. The molecule has 0 saturated carbocycles.